The standard InChI is InChI=1S/C7H16O3/c1-6(8)4-10-5-7(2)9-3/h6-8H,4-5H2,1-3H3/t6-,7-/m1/s1. The molecule has 0 spiro atoms. The summed E-state index contributed by atoms with van der Waals surface area (Å²) in [4.78, 5) is 0. The summed E-state index contributed by atoms with van der Waals surface area (Å²) in [5.41, 5.74) is 0. The Morgan fingerprint density at radius 2 is 1.90 bits per heavy atom. The molecule has 0 heterocycles. The maximum Gasteiger partial charge on any atom is 0.0776 e. The molecule has 0 aromatic heterocycles. The molecule has 0 radical (unpaired) electrons. The molecule has 62 valence electrons. The topological polar surface area (TPSA) is 38.7 Å². The molecule has 0 rings (SSSR count). The van der Waals surface area contributed by atoms with Gasteiger partial charge in [-0.25, -0.2) is 0 Å². The van der Waals surface area contributed by atoms with Crippen molar-refractivity contribution in [2.75, 3.05) is 20.3 Å². The molecule has 0 aromatic rings. The molecular weight excluding hydrogens is 132 g/mol. The maximum atomic E-state index is 8.77. The number of methoxy groups -OCH3 is 1. The van der Waals surface area contributed by atoms with Gasteiger partial charge >= 0.3 is 0 Å². The molecule has 0 unspecified atom stereocenters. The lowest BCUT2D eigenvalue weighted by Crippen LogP contribution is -2.18. The lowest BCUT2D eigenvalue weighted by atomic mass is 10.4. The van der Waals surface area contributed by atoms with Gasteiger partial charge in [0.1, 0.15) is 0 Å². The van der Waals surface area contributed by atoms with Crippen molar-refractivity contribution >= 4 is 0 Å². The largest absolute Gasteiger partial charge is 0.391 e. The second-order valence-corrected chi connectivity index (χ2v) is 2.43. The molecule has 10 heavy (non-hydrogen) atoms. The third-order valence-corrected chi connectivity index (χ3v) is 1.11. The Balaban J connectivity index is 3.03. The monoisotopic (exact) mass is 148 g/mol. The highest BCUT2D eigenvalue weighted by molar-refractivity contribution is 4.47. The average Bonchev–Trinajstić information content (AvgIpc) is 1.87. The minimum atomic E-state index is -0.385. The average molecular weight is 148 g/mol. The van der Waals surface area contributed by atoms with Crippen LogP contribution in [0.3, 0.4) is 0 Å². The Morgan fingerprint density at radius 3 is 2.30 bits per heavy atom. The maximum absolute atomic E-state index is 8.77. The van der Waals surface area contributed by atoms with Crippen LogP contribution in [0.15, 0.2) is 0 Å². The van der Waals surface area contributed by atoms with E-state index in [-0.39, 0.29) is 12.2 Å². The van der Waals surface area contributed by atoms with Crippen molar-refractivity contribution in [2.45, 2.75) is 26.1 Å². The lowest BCUT2D eigenvalue weighted by molar-refractivity contribution is -0.0118. The minimum absolute atomic E-state index is 0.110. The minimum Gasteiger partial charge on any atom is -0.391 e. The van der Waals surface area contributed by atoms with Crippen molar-refractivity contribution in [1.29, 1.82) is 0 Å². The molecule has 0 aliphatic heterocycles. The van der Waals surface area contributed by atoms with Gasteiger partial charge in [-0.15, -0.1) is 0 Å². The van der Waals surface area contributed by atoms with Crippen LogP contribution in [0.1, 0.15) is 13.8 Å². The molecule has 3 heteroatoms. The van der Waals surface area contributed by atoms with Crippen LogP contribution in [0.4, 0.5) is 0 Å². The van der Waals surface area contributed by atoms with Gasteiger partial charge in [0.25, 0.3) is 0 Å². The summed E-state index contributed by atoms with van der Waals surface area (Å²) in [5, 5.41) is 8.77. The highest BCUT2D eigenvalue weighted by atomic mass is 16.5. The van der Waals surface area contributed by atoms with Crippen molar-refractivity contribution in [1.82, 2.24) is 0 Å². The van der Waals surface area contributed by atoms with Crippen molar-refractivity contribution in [3.63, 3.8) is 0 Å². The smallest absolute Gasteiger partial charge is 0.0776 e. The summed E-state index contributed by atoms with van der Waals surface area (Å²) in [7, 11) is 1.64. The normalized spacial score (nSPS) is 16.8. The van der Waals surface area contributed by atoms with Crippen LogP contribution in [0.25, 0.3) is 0 Å². The van der Waals surface area contributed by atoms with Gasteiger partial charge in [0.15, 0.2) is 0 Å². The summed E-state index contributed by atoms with van der Waals surface area (Å²) < 4.78 is 10.00. The first kappa shape index (κ1) is 9.88. The first-order chi connectivity index (χ1) is 4.66. The van der Waals surface area contributed by atoms with E-state index in [1.807, 2.05) is 6.92 Å². The first-order valence-corrected chi connectivity index (χ1v) is 3.45. The van der Waals surface area contributed by atoms with Crippen molar-refractivity contribution in [2.24, 2.45) is 0 Å². The summed E-state index contributed by atoms with van der Waals surface area (Å²) in [6.45, 7) is 4.54. The zero-order valence-electron chi connectivity index (χ0n) is 6.83. The fraction of sp³-hybridized carbons (Fsp3) is 1.00. The van der Waals surface area contributed by atoms with E-state index < -0.39 is 0 Å². The molecule has 0 saturated carbocycles. The predicted octanol–water partition coefficient (Wildman–Crippen LogP) is 0.419. The quantitative estimate of drug-likeness (QED) is 0.614. The van der Waals surface area contributed by atoms with Crippen LogP contribution in [-0.2, 0) is 9.47 Å². The molecule has 0 aromatic carbocycles. The fourth-order valence-corrected chi connectivity index (χ4v) is 0.473. The van der Waals surface area contributed by atoms with Gasteiger partial charge in [0.2, 0.25) is 0 Å². The van der Waals surface area contributed by atoms with Crippen molar-refractivity contribution in [3.05, 3.63) is 0 Å². The SMILES string of the molecule is CO[C@H](C)COC[C@@H](C)O. The number of aliphatic hydroxyl groups excluding tert-OH is 1. The number of hydrogen-bond donors (Lipinski definition) is 1. The predicted molar refractivity (Wildman–Crippen MR) is 39.0 cm³/mol. The van der Waals surface area contributed by atoms with Gasteiger partial charge in [-0.3, -0.25) is 0 Å². The van der Waals surface area contributed by atoms with Crippen LogP contribution in [-0.4, -0.2) is 37.6 Å². The Kier molecular flexibility index (Phi) is 5.58. The summed E-state index contributed by atoms with van der Waals surface area (Å²) in [5.74, 6) is 0. The van der Waals surface area contributed by atoms with E-state index in [0.29, 0.717) is 13.2 Å². The van der Waals surface area contributed by atoms with Crippen LogP contribution < -0.4 is 0 Å². The zero-order chi connectivity index (χ0) is 7.98. The van der Waals surface area contributed by atoms with E-state index in [9.17, 15) is 0 Å². The molecule has 0 bridgehead atoms. The van der Waals surface area contributed by atoms with Crippen molar-refractivity contribution in [3.8, 4) is 0 Å². The number of hydrogen-bond acceptors (Lipinski definition) is 3. The van der Waals surface area contributed by atoms with Gasteiger partial charge in [-0.2, -0.15) is 0 Å². The Bertz CT molecular complexity index is 73.3. The molecule has 0 aliphatic rings. The van der Waals surface area contributed by atoms with E-state index in [0.717, 1.165) is 0 Å². The van der Waals surface area contributed by atoms with Crippen LogP contribution >= 0.6 is 0 Å². The highest BCUT2D eigenvalue weighted by Gasteiger charge is 2.00. The van der Waals surface area contributed by atoms with Crippen LogP contribution in [0.2, 0.25) is 0 Å². The fourth-order valence-electron chi connectivity index (χ4n) is 0.473. The van der Waals surface area contributed by atoms with Gasteiger partial charge in [0.05, 0.1) is 25.4 Å². The number of ether oxygens (including phenoxy) is 2. The van der Waals surface area contributed by atoms with E-state index >= 15 is 0 Å². The Hall–Kier alpha value is -0.120. The van der Waals surface area contributed by atoms with E-state index in [1.54, 1.807) is 14.0 Å². The van der Waals surface area contributed by atoms with Gasteiger partial charge in [-0.1, -0.05) is 0 Å². The molecule has 2 atom stereocenters. The molecule has 0 saturated heterocycles. The first-order valence-electron chi connectivity index (χ1n) is 3.45. The number of rotatable bonds is 5. The lowest BCUT2D eigenvalue weighted by Gasteiger charge is -2.10. The van der Waals surface area contributed by atoms with Crippen molar-refractivity contribution < 1.29 is 14.6 Å². The number of aliphatic hydroxyl groups is 1. The molecule has 0 aliphatic carbocycles. The molecule has 3 nitrogen and oxygen atoms in total. The molecule has 0 amide bonds. The summed E-state index contributed by atoms with van der Waals surface area (Å²) in [6.07, 6.45) is -0.275. The van der Waals surface area contributed by atoms with Gasteiger partial charge < -0.3 is 14.6 Å². The summed E-state index contributed by atoms with van der Waals surface area (Å²) >= 11 is 0. The van der Waals surface area contributed by atoms with Crippen LogP contribution in [0.5, 0.6) is 0 Å². The molecule has 0 fully saturated rings. The third-order valence-electron chi connectivity index (χ3n) is 1.11. The Labute approximate surface area is 62.0 Å². The van der Waals surface area contributed by atoms with Gasteiger partial charge in [0, 0.05) is 7.11 Å². The molecular formula is C7H16O3. The highest BCUT2D eigenvalue weighted by Crippen LogP contribution is 1.90. The third kappa shape index (κ3) is 6.01. The van der Waals surface area contributed by atoms with E-state index in [2.05, 4.69) is 0 Å². The second kappa shape index (κ2) is 5.65. The van der Waals surface area contributed by atoms with E-state index in [1.165, 1.54) is 0 Å². The second-order valence-electron chi connectivity index (χ2n) is 2.43. The van der Waals surface area contributed by atoms with Gasteiger partial charge in [-0.05, 0) is 13.8 Å². The van der Waals surface area contributed by atoms with Crippen LogP contribution in [0, 0.1) is 0 Å². The summed E-state index contributed by atoms with van der Waals surface area (Å²) in [6, 6.07) is 0. The zero-order valence-corrected chi connectivity index (χ0v) is 6.83. The van der Waals surface area contributed by atoms with E-state index in [4.69, 9.17) is 14.6 Å². The molecule has 1 N–H and O–H groups in total. The Morgan fingerprint density at radius 1 is 1.30 bits per heavy atom.